The van der Waals surface area contributed by atoms with Crippen LogP contribution in [0.4, 0.5) is 9.59 Å². The fraction of sp³-hybridized carbons (Fsp3) is 0.650. The van der Waals surface area contributed by atoms with Crippen molar-refractivity contribution < 1.29 is 47.6 Å². The molecule has 4 aliphatic rings. The highest BCUT2D eigenvalue weighted by Gasteiger charge is 2.61. The first-order valence-electron chi connectivity index (χ1n) is 19.7. The number of fused-ring (bicyclic) bond motifs is 1. The Morgan fingerprint density at radius 1 is 1.09 bits per heavy atom. The van der Waals surface area contributed by atoms with E-state index in [2.05, 4.69) is 48.0 Å². The van der Waals surface area contributed by atoms with E-state index in [-0.39, 0.29) is 30.9 Å². The molecule has 316 valence electrons. The molecule has 1 saturated heterocycles. The maximum absolute atomic E-state index is 13.5. The monoisotopic (exact) mass is 816 g/mol. The second kappa shape index (κ2) is 19.8. The molecule has 5 atom stereocenters. The van der Waals surface area contributed by atoms with Crippen LogP contribution in [0.5, 0.6) is 0 Å². The Morgan fingerprint density at radius 3 is 2.40 bits per heavy atom. The molecule has 0 radical (unpaired) electrons. The van der Waals surface area contributed by atoms with E-state index in [9.17, 15) is 38.1 Å². The van der Waals surface area contributed by atoms with Gasteiger partial charge < -0.3 is 35.4 Å². The zero-order chi connectivity index (χ0) is 42.1. The van der Waals surface area contributed by atoms with E-state index in [1.165, 1.54) is 9.80 Å². The van der Waals surface area contributed by atoms with Crippen LogP contribution < -0.4 is 20.7 Å². The Bertz CT molecular complexity index is 1690. The molecule has 57 heavy (non-hydrogen) atoms. The zero-order valence-electron chi connectivity index (χ0n) is 34.0. The van der Waals surface area contributed by atoms with E-state index in [4.69, 9.17) is 9.47 Å². The number of hydrogen-bond acceptors (Lipinski definition) is 9. The SMILES string of the molecule is C=CC1CC1(NC(=O)C1CCCN1C(=O)CNC(=O)C(COCCCc1cccc2c1CN(C(=O)O)C2)NC(=O)OC(C)(C)C)C(=O)NS(=O)C1CC1.CC(C)C. The van der Waals surface area contributed by atoms with Gasteiger partial charge in [-0.15, -0.1) is 6.58 Å². The van der Waals surface area contributed by atoms with Crippen molar-refractivity contribution in [1.29, 1.82) is 0 Å². The lowest BCUT2D eigenvalue weighted by Crippen LogP contribution is -2.57. The first-order valence-corrected chi connectivity index (χ1v) is 20.9. The topological polar surface area (TPSA) is 213 Å². The van der Waals surface area contributed by atoms with Crippen molar-refractivity contribution in [3.63, 3.8) is 0 Å². The molecule has 1 aromatic rings. The highest BCUT2D eigenvalue weighted by molar-refractivity contribution is 7.84. The minimum atomic E-state index is -1.53. The Morgan fingerprint density at radius 2 is 1.79 bits per heavy atom. The zero-order valence-corrected chi connectivity index (χ0v) is 34.8. The van der Waals surface area contributed by atoms with Gasteiger partial charge in [0, 0.05) is 32.2 Å². The maximum Gasteiger partial charge on any atom is 0.408 e. The first kappa shape index (κ1) is 45.2. The molecule has 2 saturated carbocycles. The molecule has 0 spiro atoms. The molecule has 17 heteroatoms. The van der Waals surface area contributed by atoms with Crippen molar-refractivity contribution in [2.75, 3.05) is 26.3 Å². The van der Waals surface area contributed by atoms with Crippen molar-refractivity contribution in [3.8, 4) is 0 Å². The van der Waals surface area contributed by atoms with E-state index in [0.717, 1.165) is 35.4 Å². The normalized spacial score (nSPS) is 21.9. The van der Waals surface area contributed by atoms with E-state index in [1.54, 1.807) is 26.8 Å². The standard InChI is InChI=1S/C36H50N6O10S.C4H10/c1-5-24-17-36(24,32(46)40-53(50)25-13-14-25)39-31(45)28-12-7-15-42(28)29(43)18-37-30(44)27(38-33(47)52-35(2,3)4)21-51-16-8-11-22-9-6-10-23-19-41(34(48)49)20-26(22)23;1-4(2)3/h5-6,9-10,24-25,27-28H,1,7-8,11-21H2,2-4H3,(H,37,44)(H,38,47)(H,39,45)(H,40,46)(H,48,49);4H,1-3H3. The molecule has 5 unspecified atom stereocenters. The Kier molecular flexibility index (Phi) is 15.7. The van der Waals surface area contributed by atoms with Gasteiger partial charge in [-0.1, -0.05) is 45.0 Å². The van der Waals surface area contributed by atoms with E-state index >= 15 is 0 Å². The third kappa shape index (κ3) is 13.0. The summed E-state index contributed by atoms with van der Waals surface area (Å²) < 4.78 is 26.0. The molecule has 3 fully saturated rings. The highest BCUT2D eigenvalue weighted by Crippen LogP contribution is 2.45. The quantitative estimate of drug-likeness (QED) is 0.121. The van der Waals surface area contributed by atoms with E-state index in [0.29, 0.717) is 45.2 Å². The highest BCUT2D eigenvalue weighted by atomic mass is 32.2. The third-order valence-electron chi connectivity index (χ3n) is 9.74. The molecular weight excluding hydrogens is 757 g/mol. The number of aryl methyl sites for hydroxylation is 1. The van der Waals surface area contributed by atoms with Gasteiger partial charge in [0.25, 0.3) is 5.91 Å². The summed E-state index contributed by atoms with van der Waals surface area (Å²) in [5.41, 5.74) is 0.862. The number of alkyl carbamates (subject to hydrolysis) is 1. The molecule has 5 N–H and O–H groups in total. The molecule has 2 aliphatic heterocycles. The van der Waals surface area contributed by atoms with Crippen molar-refractivity contribution in [1.82, 2.24) is 30.5 Å². The van der Waals surface area contributed by atoms with Crippen LogP contribution in [0.15, 0.2) is 30.9 Å². The number of carboxylic acid groups (broad SMARTS) is 1. The lowest BCUT2D eigenvalue weighted by atomic mass is 10.00. The van der Waals surface area contributed by atoms with Gasteiger partial charge in [-0.25, -0.2) is 13.8 Å². The van der Waals surface area contributed by atoms with Crippen LogP contribution in [-0.4, -0.2) is 110 Å². The second-order valence-corrected chi connectivity index (χ2v) is 18.2. The van der Waals surface area contributed by atoms with Gasteiger partial charge in [0.05, 0.1) is 18.4 Å². The average Bonchev–Trinajstić information content (AvgIpc) is 3.99. The number of ether oxygens (including phenoxy) is 2. The minimum absolute atomic E-state index is 0.0769. The van der Waals surface area contributed by atoms with Crippen LogP contribution in [0.2, 0.25) is 0 Å². The maximum atomic E-state index is 13.5. The number of amides is 6. The Hall–Kier alpha value is -4.51. The molecule has 0 aromatic heterocycles. The number of carbonyl (C=O) groups excluding carboxylic acids is 5. The summed E-state index contributed by atoms with van der Waals surface area (Å²) >= 11 is 0. The van der Waals surface area contributed by atoms with Crippen LogP contribution >= 0.6 is 0 Å². The molecule has 0 bridgehead atoms. The number of nitrogens with zero attached hydrogens (tertiary/aromatic N) is 2. The molecule has 2 heterocycles. The minimum Gasteiger partial charge on any atom is -0.465 e. The summed E-state index contributed by atoms with van der Waals surface area (Å²) in [6.07, 6.45) is 3.68. The number of rotatable bonds is 16. The first-order chi connectivity index (χ1) is 26.8. The van der Waals surface area contributed by atoms with Crippen molar-refractivity contribution in [2.24, 2.45) is 11.8 Å². The Balaban J connectivity index is 0.00000172. The average molecular weight is 817 g/mol. The van der Waals surface area contributed by atoms with Gasteiger partial charge in [0.15, 0.2) is 0 Å². The van der Waals surface area contributed by atoms with Crippen molar-refractivity contribution in [2.45, 2.75) is 128 Å². The summed E-state index contributed by atoms with van der Waals surface area (Å²) in [6.45, 7) is 15.8. The smallest absolute Gasteiger partial charge is 0.408 e. The lowest BCUT2D eigenvalue weighted by Gasteiger charge is -2.27. The van der Waals surface area contributed by atoms with Gasteiger partial charge in [0.2, 0.25) is 17.7 Å². The summed E-state index contributed by atoms with van der Waals surface area (Å²) in [5.74, 6) is -1.77. The summed E-state index contributed by atoms with van der Waals surface area (Å²) in [5, 5.41) is 17.2. The Labute approximate surface area is 337 Å². The predicted octanol–water partition coefficient (Wildman–Crippen LogP) is 3.30. The number of hydrogen-bond donors (Lipinski definition) is 5. The van der Waals surface area contributed by atoms with Crippen molar-refractivity contribution in [3.05, 3.63) is 47.5 Å². The molecule has 1 aromatic carbocycles. The van der Waals surface area contributed by atoms with Gasteiger partial charge >= 0.3 is 12.2 Å². The van der Waals surface area contributed by atoms with Gasteiger partial charge in [0.1, 0.15) is 34.2 Å². The van der Waals surface area contributed by atoms with Gasteiger partial charge in [-0.3, -0.25) is 28.8 Å². The van der Waals surface area contributed by atoms with Gasteiger partial charge in [-0.2, -0.15) is 0 Å². The number of benzene rings is 1. The summed E-state index contributed by atoms with van der Waals surface area (Å²) in [7, 11) is -1.53. The fourth-order valence-corrected chi connectivity index (χ4v) is 7.77. The third-order valence-corrected chi connectivity index (χ3v) is 11.2. The lowest BCUT2D eigenvalue weighted by molar-refractivity contribution is -0.140. The van der Waals surface area contributed by atoms with E-state index in [1.807, 2.05) is 18.2 Å². The fourth-order valence-electron chi connectivity index (χ4n) is 6.67. The largest absolute Gasteiger partial charge is 0.465 e. The predicted molar refractivity (Wildman–Crippen MR) is 213 cm³/mol. The number of carbonyl (C=O) groups is 6. The van der Waals surface area contributed by atoms with E-state index < -0.39 is 76.6 Å². The van der Waals surface area contributed by atoms with Crippen LogP contribution in [0, 0.1) is 11.8 Å². The molecule has 2 aliphatic carbocycles. The molecular formula is C40H60N6O10S. The van der Waals surface area contributed by atoms with Crippen molar-refractivity contribution >= 4 is 46.8 Å². The molecule has 16 nitrogen and oxygen atoms in total. The number of likely N-dealkylation sites (tertiary alicyclic amines) is 1. The molecule has 5 rings (SSSR count). The number of nitrogens with one attached hydrogen (secondary N) is 4. The summed E-state index contributed by atoms with van der Waals surface area (Å²) in [6, 6.07) is 3.68. The van der Waals surface area contributed by atoms with Crippen LogP contribution in [0.1, 0.15) is 96.8 Å². The van der Waals surface area contributed by atoms with Crippen LogP contribution in [0.25, 0.3) is 0 Å². The second-order valence-electron chi connectivity index (χ2n) is 16.7. The van der Waals surface area contributed by atoms with Gasteiger partial charge in [-0.05, 0) is 88.3 Å². The summed E-state index contributed by atoms with van der Waals surface area (Å²) in [4.78, 5) is 80.0. The van der Waals surface area contributed by atoms with Crippen LogP contribution in [0.3, 0.4) is 0 Å². The van der Waals surface area contributed by atoms with Crippen LogP contribution in [-0.2, 0) is 59.1 Å². The molecule has 6 amide bonds.